The van der Waals surface area contributed by atoms with Gasteiger partial charge in [-0.05, 0) is 37.2 Å². The third-order valence-electron chi connectivity index (χ3n) is 4.82. The molecule has 112 valence electrons. The third-order valence-corrected chi connectivity index (χ3v) is 4.82. The van der Waals surface area contributed by atoms with E-state index in [0.717, 1.165) is 18.5 Å². The number of rotatable bonds is 2. The zero-order chi connectivity index (χ0) is 13.7. The van der Waals surface area contributed by atoms with Gasteiger partial charge in [0, 0.05) is 18.3 Å². The molecule has 4 atom stereocenters. The van der Waals surface area contributed by atoms with Gasteiger partial charge in [0.1, 0.15) is 5.82 Å². The second kappa shape index (κ2) is 5.27. The summed E-state index contributed by atoms with van der Waals surface area (Å²) in [5.74, 6) is 1.59. The Balaban J connectivity index is 0.00000132. The number of hydrogen-bond acceptors (Lipinski definition) is 4. The van der Waals surface area contributed by atoms with E-state index in [1.165, 1.54) is 6.42 Å². The van der Waals surface area contributed by atoms with Gasteiger partial charge in [0.2, 0.25) is 5.91 Å². The minimum Gasteiger partial charge on any atom is -0.327 e. The minimum absolute atomic E-state index is 0. The summed E-state index contributed by atoms with van der Waals surface area (Å²) in [6, 6.07) is 3.57. The number of amides is 1. The molecule has 2 aromatic heterocycles. The molecule has 0 aliphatic heterocycles. The largest absolute Gasteiger partial charge is 0.327 e. The first kappa shape index (κ1) is 14.3. The van der Waals surface area contributed by atoms with Crippen molar-refractivity contribution in [2.24, 2.45) is 23.5 Å². The maximum absolute atomic E-state index is 12.5. The average Bonchev–Trinajstić information content (AvgIpc) is 3.13. The first-order valence-electron chi connectivity index (χ1n) is 7.09. The molecule has 2 heterocycles. The number of anilines is 1. The van der Waals surface area contributed by atoms with Crippen LogP contribution < -0.4 is 11.1 Å². The zero-order valence-corrected chi connectivity index (χ0v) is 12.3. The summed E-state index contributed by atoms with van der Waals surface area (Å²) < 4.78 is 1.64. The van der Waals surface area contributed by atoms with E-state index in [9.17, 15) is 4.79 Å². The van der Waals surface area contributed by atoms with Crippen LogP contribution >= 0.6 is 12.4 Å². The van der Waals surface area contributed by atoms with Gasteiger partial charge in [0.15, 0.2) is 5.65 Å². The highest BCUT2D eigenvalue weighted by molar-refractivity contribution is 5.93. The van der Waals surface area contributed by atoms with Crippen molar-refractivity contribution >= 4 is 29.8 Å². The van der Waals surface area contributed by atoms with E-state index >= 15 is 0 Å². The minimum atomic E-state index is -0.0625. The molecule has 1 amide bonds. The fraction of sp³-hybridized carbons (Fsp3) is 0.500. The van der Waals surface area contributed by atoms with E-state index in [-0.39, 0.29) is 30.3 Å². The van der Waals surface area contributed by atoms with E-state index in [1.807, 2.05) is 0 Å². The Labute approximate surface area is 128 Å². The lowest BCUT2D eigenvalue weighted by atomic mass is 9.84. The SMILES string of the molecule is Cl.NC1C2CCC(C2)C1C(=O)Nc1ccnc2ccnn12. The van der Waals surface area contributed by atoms with E-state index in [1.54, 1.807) is 29.0 Å². The van der Waals surface area contributed by atoms with Crippen LogP contribution in [-0.4, -0.2) is 26.5 Å². The highest BCUT2D eigenvalue weighted by atomic mass is 35.5. The van der Waals surface area contributed by atoms with Crippen molar-refractivity contribution < 1.29 is 4.79 Å². The van der Waals surface area contributed by atoms with Crippen LogP contribution in [0.15, 0.2) is 24.5 Å². The number of nitrogens with zero attached hydrogens (tertiary/aromatic N) is 3. The molecule has 3 N–H and O–H groups in total. The number of hydrogen-bond donors (Lipinski definition) is 2. The molecule has 21 heavy (non-hydrogen) atoms. The van der Waals surface area contributed by atoms with Crippen LogP contribution in [0.1, 0.15) is 19.3 Å². The summed E-state index contributed by atoms with van der Waals surface area (Å²) in [5, 5.41) is 7.14. The lowest BCUT2D eigenvalue weighted by molar-refractivity contribution is -0.121. The number of carbonyl (C=O) groups excluding carboxylic acids is 1. The van der Waals surface area contributed by atoms with Gasteiger partial charge in [0.05, 0.1) is 12.1 Å². The molecule has 4 rings (SSSR count). The van der Waals surface area contributed by atoms with Gasteiger partial charge in [-0.3, -0.25) is 4.79 Å². The maximum atomic E-state index is 12.5. The monoisotopic (exact) mass is 307 g/mol. The molecule has 2 saturated carbocycles. The van der Waals surface area contributed by atoms with Crippen molar-refractivity contribution in [3.8, 4) is 0 Å². The Bertz CT molecular complexity index is 670. The zero-order valence-electron chi connectivity index (χ0n) is 11.5. The predicted octanol–water partition coefficient (Wildman–Crippen LogP) is 1.46. The Kier molecular flexibility index (Phi) is 3.59. The van der Waals surface area contributed by atoms with Gasteiger partial charge >= 0.3 is 0 Å². The number of nitrogens with one attached hydrogen (secondary N) is 1. The molecule has 0 saturated heterocycles. The Morgan fingerprint density at radius 2 is 2.10 bits per heavy atom. The molecule has 4 unspecified atom stereocenters. The molecule has 2 fully saturated rings. The van der Waals surface area contributed by atoms with Gasteiger partial charge < -0.3 is 11.1 Å². The summed E-state index contributed by atoms with van der Waals surface area (Å²) >= 11 is 0. The normalized spacial score (nSPS) is 30.3. The Morgan fingerprint density at radius 1 is 1.29 bits per heavy atom. The molecule has 2 aliphatic rings. The quantitative estimate of drug-likeness (QED) is 0.879. The number of fused-ring (bicyclic) bond motifs is 3. The van der Waals surface area contributed by atoms with Crippen LogP contribution in [-0.2, 0) is 4.79 Å². The second-order valence-electron chi connectivity index (χ2n) is 5.86. The number of halogens is 1. The molecule has 0 spiro atoms. The summed E-state index contributed by atoms with van der Waals surface area (Å²) in [6.07, 6.45) is 6.75. The molecule has 0 radical (unpaired) electrons. The van der Waals surface area contributed by atoms with Crippen molar-refractivity contribution in [1.29, 1.82) is 0 Å². The van der Waals surface area contributed by atoms with E-state index in [4.69, 9.17) is 5.73 Å². The maximum Gasteiger partial charge on any atom is 0.230 e. The summed E-state index contributed by atoms with van der Waals surface area (Å²) in [4.78, 5) is 16.7. The van der Waals surface area contributed by atoms with Crippen molar-refractivity contribution in [2.45, 2.75) is 25.3 Å². The molecular formula is C14H18ClN5O. The van der Waals surface area contributed by atoms with Crippen LogP contribution in [0.4, 0.5) is 5.82 Å². The number of carbonyl (C=O) groups is 1. The molecule has 7 heteroatoms. The molecule has 6 nitrogen and oxygen atoms in total. The van der Waals surface area contributed by atoms with E-state index in [2.05, 4.69) is 15.4 Å². The highest BCUT2D eigenvalue weighted by Gasteiger charge is 2.49. The third kappa shape index (κ3) is 2.18. The highest BCUT2D eigenvalue weighted by Crippen LogP contribution is 2.47. The number of nitrogens with two attached hydrogens (primary N) is 1. The molecular weight excluding hydrogens is 290 g/mol. The van der Waals surface area contributed by atoms with Gasteiger partial charge in [-0.1, -0.05) is 0 Å². The molecule has 2 aliphatic carbocycles. The molecule has 2 bridgehead atoms. The smallest absolute Gasteiger partial charge is 0.230 e. The van der Waals surface area contributed by atoms with Crippen molar-refractivity contribution in [3.05, 3.63) is 24.5 Å². The van der Waals surface area contributed by atoms with Crippen LogP contribution in [0, 0.1) is 17.8 Å². The first-order chi connectivity index (χ1) is 9.74. The molecule has 0 aromatic carbocycles. The average molecular weight is 308 g/mol. The van der Waals surface area contributed by atoms with Crippen molar-refractivity contribution in [3.63, 3.8) is 0 Å². The predicted molar refractivity (Wildman–Crippen MR) is 81.2 cm³/mol. The van der Waals surface area contributed by atoms with Gasteiger partial charge in [-0.15, -0.1) is 12.4 Å². The Hall–Kier alpha value is -1.66. The molecule has 2 aromatic rings. The Morgan fingerprint density at radius 3 is 2.86 bits per heavy atom. The van der Waals surface area contributed by atoms with Crippen LogP contribution in [0.25, 0.3) is 5.65 Å². The van der Waals surface area contributed by atoms with Gasteiger partial charge in [0.25, 0.3) is 0 Å². The van der Waals surface area contributed by atoms with Crippen LogP contribution in [0.2, 0.25) is 0 Å². The lowest BCUT2D eigenvalue weighted by Crippen LogP contribution is -2.42. The van der Waals surface area contributed by atoms with Gasteiger partial charge in [-0.2, -0.15) is 9.61 Å². The number of aromatic nitrogens is 3. The summed E-state index contributed by atoms with van der Waals surface area (Å²) in [5.41, 5.74) is 6.94. The standard InChI is InChI=1S/C14H17N5O.ClH/c15-13-9-2-1-8(7-9)12(13)14(20)18-11-3-5-16-10-4-6-17-19(10)11;/h3-6,8-9,12-13H,1-2,7,15H2,(H,18,20);1H. The fourth-order valence-corrected chi connectivity index (χ4v) is 3.86. The van der Waals surface area contributed by atoms with E-state index < -0.39 is 0 Å². The van der Waals surface area contributed by atoms with Crippen molar-refractivity contribution in [1.82, 2.24) is 14.6 Å². The van der Waals surface area contributed by atoms with Gasteiger partial charge in [-0.25, -0.2) is 4.98 Å². The van der Waals surface area contributed by atoms with Crippen molar-refractivity contribution in [2.75, 3.05) is 5.32 Å². The lowest BCUT2D eigenvalue weighted by Gasteiger charge is -2.26. The second-order valence-corrected chi connectivity index (χ2v) is 5.86. The topological polar surface area (TPSA) is 85.3 Å². The van der Waals surface area contributed by atoms with Crippen LogP contribution in [0.3, 0.4) is 0 Å². The first-order valence-corrected chi connectivity index (χ1v) is 7.09. The fourth-order valence-electron chi connectivity index (χ4n) is 3.86. The van der Waals surface area contributed by atoms with E-state index in [0.29, 0.717) is 17.7 Å². The summed E-state index contributed by atoms with van der Waals surface area (Å²) in [7, 11) is 0. The van der Waals surface area contributed by atoms with Crippen LogP contribution in [0.5, 0.6) is 0 Å². The summed E-state index contributed by atoms with van der Waals surface area (Å²) in [6.45, 7) is 0.